The van der Waals surface area contributed by atoms with Gasteiger partial charge >= 0.3 is 5.37 Å². The highest BCUT2D eigenvalue weighted by Gasteiger charge is 2.33. The second kappa shape index (κ2) is 5.31. The molecule has 0 N–H and O–H groups in total. The summed E-state index contributed by atoms with van der Waals surface area (Å²) in [6.45, 7) is 0.224. The first-order chi connectivity index (χ1) is 12.1. The van der Waals surface area contributed by atoms with Crippen molar-refractivity contribution in [1.82, 2.24) is 19.7 Å². The molecule has 0 saturated heterocycles. The van der Waals surface area contributed by atoms with Gasteiger partial charge in [0, 0.05) is 5.92 Å². The molecule has 9 heteroatoms. The fourth-order valence-corrected chi connectivity index (χ4v) is 3.51. The number of halogens is 2. The number of carbonyl (C=O) groups excluding carboxylic acids is 1. The quantitative estimate of drug-likeness (QED) is 0.497. The van der Waals surface area contributed by atoms with Gasteiger partial charge in [-0.25, -0.2) is 4.98 Å². The van der Waals surface area contributed by atoms with Gasteiger partial charge < -0.3 is 4.52 Å². The Labute approximate surface area is 152 Å². The summed E-state index contributed by atoms with van der Waals surface area (Å²) in [6, 6.07) is 5.39. The monoisotopic (exact) mass is 375 g/mol. The van der Waals surface area contributed by atoms with Gasteiger partial charge in [0.1, 0.15) is 12.0 Å². The third kappa shape index (κ3) is 2.26. The SMILES string of the molecule is O=C(Cl)N1Cc2c(-c3noc(C4CC4)n3)ncn2-c2cccc(Cl)c21. The third-order valence-corrected chi connectivity index (χ3v) is 4.97. The molecule has 0 radical (unpaired) electrons. The lowest BCUT2D eigenvalue weighted by molar-refractivity contribution is 0.263. The normalized spacial score (nSPS) is 15.8. The predicted octanol–water partition coefficient (Wildman–Crippen LogP) is 4.13. The number of fused-ring (bicyclic) bond motifs is 3. The van der Waals surface area contributed by atoms with Crippen molar-refractivity contribution >= 4 is 34.3 Å². The number of imidazole rings is 1. The molecule has 126 valence electrons. The van der Waals surface area contributed by atoms with E-state index in [9.17, 15) is 4.79 Å². The highest BCUT2D eigenvalue weighted by atomic mass is 35.5. The van der Waals surface area contributed by atoms with Gasteiger partial charge in [0.15, 0.2) is 0 Å². The molecule has 0 atom stereocenters. The largest absolute Gasteiger partial charge is 0.339 e. The number of carbonyl (C=O) groups is 1. The molecule has 0 unspecified atom stereocenters. The summed E-state index contributed by atoms with van der Waals surface area (Å²) in [6.07, 6.45) is 3.82. The van der Waals surface area contributed by atoms with Crippen LogP contribution in [0.25, 0.3) is 17.2 Å². The van der Waals surface area contributed by atoms with Gasteiger partial charge in [0.2, 0.25) is 11.7 Å². The summed E-state index contributed by atoms with van der Waals surface area (Å²) in [5, 5.41) is 3.88. The van der Waals surface area contributed by atoms with Gasteiger partial charge in [0.05, 0.1) is 28.6 Å². The highest BCUT2D eigenvalue weighted by Crippen LogP contribution is 2.42. The van der Waals surface area contributed by atoms with Gasteiger partial charge in [-0.05, 0) is 36.6 Å². The molecule has 2 aromatic heterocycles. The molecule has 1 fully saturated rings. The van der Waals surface area contributed by atoms with Crippen LogP contribution in [0.4, 0.5) is 10.5 Å². The maximum absolute atomic E-state index is 11.9. The number of benzene rings is 1. The number of para-hydroxylation sites is 1. The van der Waals surface area contributed by atoms with Crippen LogP contribution < -0.4 is 4.90 Å². The van der Waals surface area contributed by atoms with E-state index in [-0.39, 0.29) is 6.54 Å². The summed E-state index contributed by atoms with van der Waals surface area (Å²) in [5.74, 6) is 1.42. The Bertz CT molecular complexity index is 1010. The van der Waals surface area contributed by atoms with Crippen LogP contribution in [-0.2, 0) is 6.54 Å². The van der Waals surface area contributed by atoms with Crippen molar-refractivity contribution in [2.45, 2.75) is 25.3 Å². The van der Waals surface area contributed by atoms with Crippen LogP contribution in [0, 0.1) is 0 Å². The van der Waals surface area contributed by atoms with E-state index < -0.39 is 5.37 Å². The summed E-state index contributed by atoms with van der Waals surface area (Å²) in [7, 11) is 0. The van der Waals surface area contributed by atoms with Crippen molar-refractivity contribution in [3.05, 3.63) is 41.1 Å². The van der Waals surface area contributed by atoms with Crippen molar-refractivity contribution in [2.24, 2.45) is 0 Å². The van der Waals surface area contributed by atoms with E-state index in [1.54, 1.807) is 12.4 Å². The first kappa shape index (κ1) is 14.9. The van der Waals surface area contributed by atoms with Crippen LogP contribution in [0.5, 0.6) is 0 Å². The Balaban J connectivity index is 1.67. The second-order valence-corrected chi connectivity index (χ2v) is 6.82. The zero-order chi connectivity index (χ0) is 17.1. The number of anilines is 1. The van der Waals surface area contributed by atoms with Crippen molar-refractivity contribution in [1.29, 1.82) is 0 Å². The van der Waals surface area contributed by atoms with Crippen molar-refractivity contribution < 1.29 is 9.32 Å². The zero-order valence-corrected chi connectivity index (χ0v) is 14.3. The van der Waals surface area contributed by atoms with Gasteiger partial charge in [-0.15, -0.1) is 0 Å². The van der Waals surface area contributed by atoms with E-state index in [0.29, 0.717) is 34.0 Å². The zero-order valence-electron chi connectivity index (χ0n) is 12.8. The number of hydrogen-bond acceptors (Lipinski definition) is 5. The average Bonchev–Trinajstić information content (AvgIpc) is 3.17. The minimum Gasteiger partial charge on any atom is -0.339 e. The van der Waals surface area contributed by atoms with E-state index in [1.807, 2.05) is 16.7 Å². The second-order valence-electron chi connectivity index (χ2n) is 6.09. The lowest BCUT2D eigenvalue weighted by Gasteiger charge is -2.29. The molecule has 1 amide bonds. The molecular weight excluding hydrogens is 365 g/mol. The summed E-state index contributed by atoms with van der Waals surface area (Å²) in [5.41, 5.74) is 2.62. The van der Waals surface area contributed by atoms with E-state index in [4.69, 9.17) is 27.7 Å². The Kier molecular flexibility index (Phi) is 3.17. The summed E-state index contributed by atoms with van der Waals surface area (Å²) >= 11 is 12.1. The molecule has 1 saturated carbocycles. The third-order valence-electron chi connectivity index (χ3n) is 4.46. The molecule has 1 aromatic carbocycles. The van der Waals surface area contributed by atoms with Crippen LogP contribution in [0.1, 0.15) is 30.3 Å². The van der Waals surface area contributed by atoms with Crippen LogP contribution in [0.3, 0.4) is 0 Å². The van der Waals surface area contributed by atoms with Gasteiger partial charge in [0.25, 0.3) is 0 Å². The Morgan fingerprint density at radius 1 is 1.32 bits per heavy atom. The Hall–Kier alpha value is -2.38. The number of aromatic nitrogens is 4. The van der Waals surface area contributed by atoms with Crippen molar-refractivity contribution in [3.63, 3.8) is 0 Å². The number of amides is 1. The van der Waals surface area contributed by atoms with E-state index in [1.165, 1.54) is 4.90 Å². The highest BCUT2D eigenvalue weighted by molar-refractivity contribution is 6.66. The van der Waals surface area contributed by atoms with Crippen molar-refractivity contribution in [3.8, 4) is 17.2 Å². The fourth-order valence-electron chi connectivity index (χ4n) is 3.09. The lowest BCUT2D eigenvalue weighted by atomic mass is 10.1. The Morgan fingerprint density at radius 2 is 2.16 bits per heavy atom. The predicted molar refractivity (Wildman–Crippen MR) is 91.3 cm³/mol. The molecule has 2 aliphatic rings. The maximum atomic E-state index is 11.9. The molecule has 1 aliphatic carbocycles. The minimum absolute atomic E-state index is 0.224. The molecule has 0 spiro atoms. The van der Waals surface area contributed by atoms with Crippen molar-refractivity contribution in [2.75, 3.05) is 4.90 Å². The molecule has 25 heavy (non-hydrogen) atoms. The fraction of sp³-hybridized carbons (Fsp3) is 0.250. The van der Waals surface area contributed by atoms with E-state index in [2.05, 4.69) is 15.1 Å². The van der Waals surface area contributed by atoms with Crippen LogP contribution in [0.15, 0.2) is 29.0 Å². The van der Waals surface area contributed by atoms with Crippen LogP contribution in [-0.4, -0.2) is 25.1 Å². The molecule has 5 rings (SSSR count). The number of rotatable bonds is 2. The molecule has 3 heterocycles. The average molecular weight is 376 g/mol. The molecule has 1 aliphatic heterocycles. The first-order valence-corrected chi connectivity index (χ1v) is 8.55. The van der Waals surface area contributed by atoms with E-state index >= 15 is 0 Å². The lowest BCUT2D eigenvalue weighted by Crippen LogP contribution is -2.31. The molecule has 7 nitrogen and oxygen atoms in total. The topological polar surface area (TPSA) is 77.1 Å². The van der Waals surface area contributed by atoms with Gasteiger partial charge in [-0.1, -0.05) is 22.8 Å². The van der Waals surface area contributed by atoms with E-state index in [0.717, 1.165) is 24.2 Å². The summed E-state index contributed by atoms with van der Waals surface area (Å²) in [4.78, 5) is 22.3. The number of nitrogens with zero attached hydrogens (tertiary/aromatic N) is 5. The van der Waals surface area contributed by atoms with Crippen LogP contribution in [0.2, 0.25) is 5.02 Å². The molecular formula is C16H11Cl2N5O2. The molecule has 3 aromatic rings. The van der Waals surface area contributed by atoms with Gasteiger partial charge in [-0.2, -0.15) is 4.98 Å². The Morgan fingerprint density at radius 3 is 2.92 bits per heavy atom. The van der Waals surface area contributed by atoms with Gasteiger partial charge in [-0.3, -0.25) is 14.3 Å². The smallest absolute Gasteiger partial charge is 0.321 e. The number of hydrogen-bond donors (Lipinski definition) is 0. The summed E-state index contributed by atoms with van der Waals surface area (Å²) < 4.78 is 7.20. The first-order valence-electron chi connectivity index (χ1n) is 7.79. The molecule has 0 bridgehead atoms. The standard InChI is InChI=1S/C16H11Cl2N5O2/c17-9-2-1-3-10-13(9)22(16(18)24)6-11-12(19-7-23(10)11)14-20-15(25-21-14)8-4-5-8/h1-3,7-8H,4-6H2. The minimum atomic E-state index is -0.612. The van der Waals surface area contributed by atoms with Crippen LogP contribution >= 0.6 is 23.2 Å². The maximum Gasteiger partial charge on any atom is 0.321 e.